The molecule has 4 nitrogen and oxygen atoms in total. The summed E-state index contributed by atoms with van der Waals surface area (Å²) in [5, 5.41) is 1.93. The van der Waals surface area contributed by atoms with Crippen LogP contribution >= 0.6 is 11.3 Å². The van der Waals surface area contributed by atoms with E-state index in [0.29, 0.717) is 11.5 Å². The van der Waals surface area contributed by atoms with Gasteiger partial charge >= 0.3 is 5.97 Å². The molecule has 2 rings (SSSR count). The standard InChI is InChI=1S/C15H16O4S/c1-17-11-5-3-6-12(9-11)19-10-13(15(16)18-2)14-7-4-8-20-14/h3-9,13H,10H2,1-2H3. The normalized spacial score (nSPS) is 11.7. The highest BCUT2D eigenvalue weighted by Crippen LogP contribution is 2.25. The molecule has 106 valence electrons. The second-order valence-electron chi connectivity index (χ2n) is 4.08. The molecule has 0 radical (unpaired) electrons. The van der Waals surface area contributed by atoms with Gasteiger partial charge in [-0.05, 0) is 23.6 Å². The first-order valence-corrected chi connectivity index (χ1v) is 7.00. The molecule has 0 bridgehead atoms. The van der Waals surface area contributed by atoms with Gasteiger partial charge in [0.1, 0.15) is 24.0 Å². The van der Waals surface area contributed by atoms with Gasteiger partial charge in [-0.25, -0.2) is 0 Å². The number of carbonyl (C=O) groups is 1. The third kappa shape index (κ3) is 3.51. The Morgan fingerprint density at radius 1 is 1.20 bits per heavy atom. The zero-order valence-electron chi connectivity index (χ0n) is 11.4. The number of esters is 1. The van der Waals surface area contributed by atoms with E-state index < -0.39 is 5.92 Å². The molecule has 1 heterocycles. The van der Waals surface area contributed by atoms with Crippen LogP contribution in [-0.2, 0) is 9.53 Å². The van der Waals surface area contributed by atoms with E-state index >= 15 is 0 Å². The molecule has 0 saturated carbocycles. The Morgan fingerprint density at radius 2 is 2.00 bits per heavy atom. The molecule has 0 aliphatic rings. The summed E-state index contributed by atoms with van der Waals surface area (Å²) in [6, 6.07) is 11.1. The summed E-state index contributed by atoms with van der Waals surface area (Å²) in [7, 11) is 2.98. The minimum Gasteiger partial charge on any atom is -0.497 e. The minimum atomic E-state index is -0.411. The van der Waals surface area contributed by atoms with Crippen molar-refractivity contribution in [1.82, 2.24) is 0 Å². The van der Waals surface area contributed by atoms with Crippen molar-refractivity contribution in [2.24, 2.45) is 0 Å². The number of rotatable bonds is 6. The number of benzene rings is 1. The summed E-state index contributed by atoms with van der Waals surface area (Å²) in [6.45, 7) is 0.236. The molecular weight excluding hydrogens is 276 g/mol. The van der Waals surface area contributed by atoms with Gasteiger partial charge in [-0.1, -0.05) is 12.1 Å². The first-order chi connectivity index (χ1) is 9.74. The van der Waals surface area contributed by atoms with Crippen LogP contribution in [0.3, 0.4) is 0 Å². The van der Waals surface area contributed by atoms with Gasteiger partial charge in [-0.3, -0.25) is 4.79 Å². The molecule has 20 heavy (non-hydrogen) atoms. The monoisotopic (exact) mass is 292 g/mol. The Labute approximate surface area is 121 Å². The molecule has 2 aromatic rings. The maximum atomic E-state index is 11.8. The molecule has 1 atom stereocenters. The Hall–Kier alpha value is -2.01. The second-order valence-corrected chi connectivity index (χ2v) is 5.06. The Morgan fingerprint density at radius 3 is 2.65 bits per heavy atom. The highest BCUT2D eigenvalue weighted by molar-refractivity contribution is 7.10. The summed E-state index contributed by atoms with van der Waals surface area (Å²) in [5.41, 5.74) is 0. The maximum absolute atomic E-state index is 11.8. The van der Waals surface area contributed by atoms with E-state index in [9.17, 15) is 4.79 Å². The van der Waals surface area contributed by atoms with Crippen molar-refractivity contribution < 1.29 is 19.0 Å². The van der Waals surface area contributed by atoms with E-state index in [4.69, 9.17) is 14.2 Å². The number of carbonyl (C=O) groups excluding carboxylic acids is 1. The van der Waals surface area contributed by atoms with Gasteiger partial charge in [-0.15, -0.1) is 11.3 Å². The third-order valence-corrected chi connectivity index (χ3v) is 3.82. The summed E-state index contributed by atoms with van der Waals surface area (Å²) < 4.78 is 15.6. The largest absolute Gasteiger partial charge is 0.497 e. The lowest BCUT2D eigenvalue weighted by Crippen LogP contribution is -2.20. The fourth-order valence-corrected chi connectivity index (χ4v) is 2.57. The average Bonchev–Trinajstić information content (AvgIpc) is 3.01. The smallest absolute Gasteiger partial charge is 0.317 e. The highest BCUT2D eigenvalue weighted by atomic mass is 32.1. The van der Waals surface area contributed by atoms with Crippen LogP contribution in [0.15, 0.2) is 41.8 Å². The lowest BCUT2D eigenvalue weighted by molar-refractivity contribution is -0.143. The summed E-state index contributed by atoms with van der Waals surface area (Å²) >= 11 is 1.51. The van der Waals surface area contributed by atoms with Crippen molar-refractivity contribution in [3.8, 4) is 11.5 Å². The fourth-order valence-electron chi connectivity index (χ4n) is 1.77. The molecule has 0 N–H and O–H groups in total. The van der Waals surface area contributed by atoms with Gasteiger partial charge in [0.15, 0.2) is 0 Å². The van der Waals surface area contributed by atoms with Crippen LogP contribution in [-0.4, -0.2) is 26.8 Å². The fraction of sp³-hybridized carbons (Fsp3) is 0.267. The summed E-state index contributed by atoms with van der Waals surface area (Å²) in [4.78, 5) is 12.8. The van der Waals surface area contributed by atoms with Crippen molar-refractivity contribution in [2.75, 3.05) is 20.8 Å². The van der Waals surface area contributed by atoms with Crippen molar-refractivity contribution in [1.29, 1.82) is 0 Å². The predicted molar refractivity (Wildman–Crippen MR) is 77.6 cm³/mol. The van der Waals surface area contributed by atoms with Gasteiger partial charge in [0.2, 0.25) is 0 Å². The number of methoxy groups -OCH3 is 2. The van der Waals surface area contributed by atoms with Crippen LogP contribution in [0.25, 0.3) is 0 Å². The molecule has 0 aliphatic carbocycles. The van der Waals surface area contributed by atoms with E-state index in [0.717, 1.165) is 4.88 Å². The maximum Gasteiger partial charge on any atom is 0.317 e. The van der Waals surface area contributed by atoms with E-state index in [-0.39, 0.29) is 12.6 Å². The lowest BCUT2D eigenvalue weighted by Gasteiger charge is -2.14. The van der Waals surface area contributed by atoms with Crippen LogP contribution in [0.2, 0.25) is 0 Å². The first kappa shape index (κ1) is 14.4. The molecular formula is C15H16O4S. The number of hydrogen-bond donors (Lipinski definition) is 0. The number of thiophene rings is 1. The number of hydrogen-bond acceptors (Lipinski definition) is 5. The zero-order valence-corrected chi connectivity index (χ0v) is 12.2. The van der Waals surface area contributed by atoms with Gasteiger partial charge in [0.25, 0.3) is 0 Å². The Balaban J connectivity index is 2.07. The quantitative estimate of drug-likeness (QED) is 0.767. The minimum absolute atomic E-state index is 0.236. The highest BCUT2D eigenvalue weighted by Gasteiger charge is 2.23. The van der Waals surface area contributed by atoms with Crippen LogP contribution in [0.5, 0.6) is 11.5 Å². The molecule has 1 aromatic carbocycles. The van der Waals surface area contributed by atoms with Gasteiger partial charge in [-0.2, -0.15) is 0 Å². The second kappa shape index (κ2) is 6.96. The molecule has 0 saturated heterocycles. The molecule has 0 spiro atoms. The first-order valence-electron chi connectivity index (χ1n) is 6.12. The van der Waals surface area contributed by atoms with Gasteiger partial charge in [0.05, 0.1) is 14.2 Å². The van der Waals surface area contributed by atoms with Crippen LogP contribution < -0.4 is 9.47 Å². The van der Waals surface area contributed by atoms with E-state index in [1.165, 1.54) is 18.4 Å². The van der Waals surface area contributed by atoms with Crippen LogP contribution in [0.1, 0.15) is 10.8 Å². The van der Waals surface area contributed by atoms with E-state index in [2.05, 4.69) is 0 Å². The molecule has 0 amide bonds. The van der Waals surface area contributed by atoms with Gasteiger partial charge < -0.3 is 14.2 Å². The zero-order chi connectivity index (χ0) is 14.4. The Bertz CT molecular complexity index is 551. The van der Waals surface area contributed by atoms with E-state index in [1.54, 1.807) is 13.2 Å². The Kier molecular flexibility index (Phi) is 5.01. The van der Waals surface area contributed by atoms with Crippen molar-refractivity contribution >= 4 is 17.3 Å². The molecule has 5 heteroatoms. The third-order valence-electron chi connectivity index (χ3n) is 2.83. The van der Waals surface area contributed by atoms with Crippen molar-refractivity contribution in [2.45, 2.75) is 5.92 Å². The topological polar surface area (TPSA) is 44.8 Å². The van der Waals surface area contributed by atoms with Crippen molar-refractivity contribution in [3.05, 3.63) is 46.7 Å². The molecule has 1 aromatic heterocycles. The van der Waals surface area contributed by atoms with Crippen molar-refractivity contribution in [3.63, 3.8) is 0 Å². The molecule has 0 fully saturated rings. The summed E-state index contributed by atoms with van der Waals surface area (Å²) in [6.07, 6.45) is 0. The summed E-state index contributed by atoms with van der Waals surface area (Å²) in [5.74, 6) is 0.671. The average molecular weight is 292 g/mol. The van der Waals surface area contributed by atoms with Crippen LogP contribution in [0.4, 0.5) is 0 Å². The van der Waals surface area contributed by atoms with Gasteiger partial charge in [0, 0.05) is 10.9 Å². The van der Waals surface area contributed by atoms with Crippen LogP contribution in [0, 0.1) is 0 Å². The number of ether oxygens (including phenoxy) is 3. The molecule has 0 aliphatic heterocycles. The SMILES string of the molecule is COC(=O)C(COc1cccc(OC)c1)c1cccs1. The lowest BCUT2D eigenvalue weighted by atomic mass is 10.1. The predicted octanol–water partition coefficient (Wildman–Crippen LogP) is 3.09. The molecule has 1 unspecified atom stereocenters. The van der Waals surface area contributed by atoms with E-state index in [1.807, 2.05) is 35.7 Å².